The van der Waals surface area contributed by atoms with Gasteiger partial charge in [0.2, 0.25) is 11.8 Å². The number of esters is 2. The molecule has 2 aliphatic heterocycles. The van der Waals surface area contributed by atoms with Gasteiger partial charge in [-0.25, -0.2) is 0 Å². The molecule has 2 saturated heterocycles. The number of carbonyl (C=O) groups excluding carboxylic acids is 4. The molecule has 10 nitrogen and oxygen atoms in total. The number of amides is 2. The minimum atomic E-state index is -0.511. The van der Waals surface area contributed by atoms with Gasteiger partial charge < -0.3 is 29.1 Å². The highest BCUT2D eigenvalue weighted by Gasteiger charge is 2.45. The summed E-state index contributed by atoms with van der Waals surface area (Å²) in [5.41, 5.74) is 2.08. The van der Waals surface area contributed by atoms with E-state index in [1.54, 1.807) is 25.2 Å². The van der Waals surface area contributed by atoms with Gasteiger partial charge >= 0.3 is 11.9 Å². The molecule has 2 amide bonds. The molecule has 3 aromatic carbocycles. The monoisotopic (exact) mass is 850 g/mol. The summed E-state index contributed by atoms with van der Waals surface area (Å²) < 4.78 is 11.3. The number of benzene rings is 3. The maximum Gasteiger partial charge on any atom is 0.305 e. The fourth-order valence-electron chi connectivity index (χ4n) is 8.37. The van der Waals surface area contributed by atoms with Crippen molar-refractivity contribution in [3.05, 3.63) is 119 Å². The summed E-state index contributed by atoms with van der Waals surface area (Å²) in [7, 11) is 0. The molecule has 1 aromatic heterocycles. The zero-order valence-electron chi connectivity index (χ0n) is 36.8. The van der Waals surface area contributed by atoms with Crippen molar-refractivity contribution in [2.75, 3.05) is 62.3 Å². The van der Waals surface area contributed by atoms with Gasteiger partial charge in [-0.05, 0) is 79.8 Å². The summed E-state index contributed by atoms with van der Waals surface area (Å²) in [6.07, 6.45) is 6.70. The summed E-state index contributed by atoms with van der Waals surface area (Å²) in [5, 5.41) is 2.12. The molecule has 61 heavy (non-hydrogen) atoms. The Hall–Kier alpha value is -4.84. The second-order valence-electron chi connectivity index (χ2n) is 16.1. The lowest BCUT2D eigenvalue weighted by atomic mass is 9.85. The third-order valence-corrected chi connectivity index (χ3v) is 13.0. The van der Waals surface area contributed by atoms with E-state index in [4.69, 9.17) is 9.47 Å². The lowest BCUT2D eigenvalue weighted by Gasteiger charge is -2.48. The number of piperidine rings is 2. The highest BCUT2D eigenvalue weighted by Crippen LogP contribution is 2.36. The van der Waals surface area contributed by atoms with Gasteiger partial charge in [-0.1, -0.05) is 100 Å². The highest BCUT2D eigenvalue weighted by molar-refractivity contribution is 7.09. The number of carbonyl (C=O) groups is 4. The first-order chi connectivity index (χ1) is 29.7. The minimum absolute atomic E-state index is 0.0662. The van der Waals surface area contributed by atoms with Gasteiger partial charge in [0.1, 0.15) is 13.2 Å². The lowest BCUT2D eigenvalue weighted by Crippen LogP contribution is -2.60. The van der Waals surface area contributed by atoms with Crippen molar-refractivity contribution in [1.29, 1.82) is 0 Å². The molecule has 2 fully saturated rings. The first-order valence-corrected chi connectivity index (χ1v) is 23.1. The largest absolute Gasteiger partial charge is 0.463 e. The minimum Gasteiger partial charge on any atom is -0.463 e. The predicted octanol–water partition coefficient (Wildman–Crippen LogP) is 8.98. The van der Waals surface area contributed by atoms with Crippen molar-refractivity contribution in [2.45, 2.75) is 103 Å². The van der Waals surface area contributed by atoms with Crippen molar-refractivity contribution >= 4 is 46.5 Å². The van der Waals surface area contributed by atoms with E-state index in [1.165, 1.54) is 10.4 Å². The summed E-state index contributed by atoms with van der Waals surface area (Å²) >= 11 is 1.80. The van der Waals surface area contributed by atoms with Crippen LogP contribution in [0.4, 0.5) is 11.4 Å². The fourth-order valence-corrected chi connectivity index (χ4v) is 9.07. The van der Waals surface area contributed by atoms with Crippen LogP contribution >= 0.6 is 11.3 Å². The van der Waals surface area contributed by atoms with Crippen LogP contribution in [-0.2, 0) is 41.5 Å². The van der Waals surface area contributed by atoms with Crippen LogP contribution in [-0.4, -0.2) is 97.1 Å². The summed E-state index contributed by atoms with van der Waals surface area (Å²) in [6, 6.07) is 34.4. The molecule has 328 valence electrons. The summed E-state index contributed by atoms with van der Waals surface area (Å²) in [6.45, 7) is 13.4. The quantitative estimate of drug-likeness (QED) is 0.0916. The summed E-state index contributed by atoms with van der Waals surface area (Å²) in [5.74, 6) is -0.299. The van der Waals surface area contributed by atoms with Gasteiger partial charge in [0.25, 0.3) is 0 Å². The Labute approximate surface area is 367 Å². The molecule has 3 heterocycles. The van der Waals surface area contributed by atoms with E-state index < -0.39 is 11.1 Å². The standard InChI is InChI=1S/C26H34N2O3.C24H32N2O3S/c1-3-24(29)28(23-13-9-6-10-14-23)26(21-31-25(30)4-2)16-19-27(20-17-26)18-15-22-11-7-5-8-12-22;1-3-22(27)26(20-9-6-5-7-10-20)24(19-29-23(28)4-2)13-16-25(17-14-24)15-12-21-11-8-18-30-21/h5-14H,3-4,15-21H2,1-2H3;5-11,18H,3-4,12-17,19H2,1-2H3. The summed E-state index contributed by atoms with van der Waals surface area (Å²) in [4.78, 5) is 60.2. The number of hydrogen-bond acceptors (Lipinski definition) is 9. The van der Waals surface area contributed by atoms with E-state index in [9.17, 15) is 19.2 Å². The van der Waals surface area contributed by atoms with Gasteiger partial charge in [-0.2, -0.15) is 0 Å². The molecule has 0 bridgehead atoms. The number of hydrogen-bond donors (Lipinski definition) is 0. The Morgan fingerprint density at radius 1 is 0.541 bits per heavy atom. The second kappa shape index (κ2) is 24.0. The van der Waals surface area contributed by atoms with Gasteiger partial charge in [-0.3, -0.25) is 19.2 Å². The van der Waals surface area contributed by atoms with E-state index in [-0.39, 0.29) is 37.0 Å². The molecule has 2 aliphatic rings. The maximum atomic E-state index is 13.1. The van der Waals surface area contributed by atoms with Crippen LogP contribution in [0.5, 0.6) is 0 Å². The zero-order chi connectivity index (χ0) is 43.5. The molecule has 0 radical (unpaired) electrons. The average molecular weight is 851 g/mol. The molecule has 0 spiro atoms. The first kappa shape index (κ1) is 47.2. The smallest absolute Gasteiger partial charge is 0.305 e. The van der Waals surface area contributed by atoms with Crippen molar-refractivity contribution in [1.82, 2.24) is 9.80 Å². The first-order valence-electron chi connectivity index (χ1n) is 22.2. The number of rotatable bonds is 18. The topological polar surface area (TPSA) is 99.7 Å². The Morgan fingerprint density at radius 3 is 1.33 bits per heavy atom. The fraction of sp³-hybridized carbons (Fsp3) is 0.480. The van der Waals surface area contributed by atoms with Crippen molar-refractivity contribution < 1.29 is 28.7 Å². The third kappa shape index (κ3) is 13.3. The lowest BCUT2D eigenvalue weighted by molar-refractivity contribution is -0.147. The van der Waals surface area contributed by atoms with E-state index in [1.807, 2.05) is 90.4 Å². The van der Waals surface area contributed by atoms with Crippen LogP contribution in [0.25, 0.3) is 0 Å². The molecule has 0 N–H and O–H groups in total. The van der Waals surface area contributed by atoms with Crippen LogP contribution in [0.15, 0.2) is 109 Å². The molecule has 4 aromatic rings. The van der Waals surface area contributed by atoms with Gasteiger partial charge in [0.15, 0.2) is 0 Å². The maximum absolute atomic E-state index is 13.1. The van der Waals surface area contributed by atoms with Crippen LogP contribution in [0.3, 0.4) is 0 Å². The average Bonchev–Trinajstić information content (AvgIpc) is 3.85. The molecule has 0 aliphatic carbocycles. The van der Waals surface area contributed by atoms with E-state index >= 15 is 0 Å². The molecule has 0 unspecified atom stereocenters. The zero-order valence-corrected chi connectivity index (χ0v) is 37.6. The van der Waals surface area contributed by atoms with Gasteiger partial charge in [0, 0.05) is 81.2 Å². The van der Waals surface area contributed by atoms with Crippen LogP contribution in [0, 0.1) is 0 Å². The third-order valence-electron chi connectivity index (χ3n) is 12.0. The predicted molar refractivity (Wildman–Crippen MR) is 246 cm³/mol. The molecule has 6 rings (SSSR count). The molecule has 0 saturated carbocycles. The van der Waals surface area contributed by atoms with Gasteiger partial charge in [-0.15, -0.1) is 11.3 Å². The highest BCUT2D eigenvalue weighted by atomic mass is 32.1. The van der Waals surface area contributed by atoms with Gasteiger partial charge in [0.05, 0.1) is 11.1 Å². The van der Waals surface area contributed by atoms with E-state index in [0.717, 1.165) is 89.2 Å². The van der Waals surface area contributed by atoms with Crippen molar-refractivity contribution in [2.24, 2.45) is 0 Å². The number of ether oxygens (including phenoxy) is 2. The molecule has 0 atom stereocenters. The number of likely N-dealkylation sites (tertiary alicyclic amines) is 2. The van der Waals surface area contributed by atoms with E-state index in [2.05, 4.69) is 51.6 Å². The molecular weight excluding hydrogens is 785 g/mol. The van der Waals surface area contributed by atoms with Crippen LogP contribution < -0.4 is 9.80 Å². The Balaban J connectivity index is 0.000000231. The Kier molecular flexibility index (Phi) is 18.6. The SMILES string of the molecule is CCC(=O)OCC1(N(C(=O)CC)c2ccccc2)CCN(CCc2ccccc2)CC1.CCC(=O)OCC1(N(C(=O)CC)c2ccccc2)CCN(CCc2cccs2)CC1. The van der Waals surface area contributed by atoms with E-state index in [0.29, 0.717) is 25.7 Å². The number of nitrogens with zero attached hydrogens (tertiary/aromatic N) is 4. The van der Waals surface area contributed by atoms with Crippen molar-refractivity contribution in [3.63, 3.8) is 0 Å². The van der Waals surface area contributed by atoms with Crippen LogP contribution in [0.1, 0.15) is 89.5 Å². The van der Waals surface area contributed by atoms with Crippen molar-refractivity contribution in [3.8, 4) is 0 Å². The number of anilines is 2. The normalized spacial score (nSPS) is 16.1. The molecular formula is C50H66N4O6S. The van der Waals surface area contributed by atoms with Crippen LogP contribution in [0.2, 0.25) is 0 Å². The second-order valence-corrected chi connectivity index (χ2v) is 17.1. The Bertz CT molecular complexity index is 1910. The number of para-hydroxylation sites is 2. The Morgan fingerprint density at radius 2 is 0.951 bits per heavy atom. The molecule has 11 heteroatoms. The number of thiophene rings is 1.